The summed E-state index contributed by atoms with van der Waals surface area (Å²) in [6.45, 7) is 6.83. The van der Waals surface area contributed by atoms with E-state index in [9.17, 15) is 4.79 Å². The molecule has 0 radical (unpaired) electrons. The van der Waals surface area contributed by atoms with E-state index in [1.165, 1.54) is 12.3 Å². The van der Waals surface area contributed by atoms with Crippen molar-refractivity contribution in [3.8, 4) is 5.88 Å². The lowest BCUT2D eigenvalue weighted by atomic mass is 10.1. The predicted molar refractivity (Wildman–Crippen MR) is 74.2 cm³/mol. The molecule has 106 valence electrons. The number of ether oxygens (including phenoxy) is 2. The van der Waals surface area contributed by atoms with Gasteiger partial charge in [-0.2, -0.15) is 0 Å². The summed E-state index contributed by atoms with van der Waals surface area (Å²) in [6, 6.07) is 1.54. The molecule has 0 aliphatic carbocycles. The van der Waals surface area contributed by atoms with E-state index in [0.29, 0.717) is 30.6 Å². The van der Waals surface area contributed by atoms with Crippen molar-refractivity contribution in [1.29, 1.82) is 0 Å². The molecule has 1 rings (SSSR count). The van der Waals surface area contributed by atoms with Crippen molar-refractivity contribution in [3.63, 3.8) is 0 Å². The number of hydrogen-bond donors (Lipinski definition) is 1. The highest BCUT2D eigenvalue weighted by Crippen LogP contribution is 2.23. The molecule has 1 aromatic heterocycles. The number of aromatic nitrogens is 1. The molecule has 0 saturated heterocycles. The normalized spacial score (nSPS) is 11.9. The molecule has 5 heteroatoms. The lowest BCUT2D eigenvalue weighted by Crippen LogP contribution is -2.13. The molecule has 0 bridgehead atoms. The topological polar surface area (TPSA) is 74.4 Å². The van der Waals surface area contributed by atoms with Gasteiger partial charge in [0, 0.05) is 6.20 Å². The average Bonchev–Trinajstić information content (AvgIpc) is 2.38. The van der Waals surface area contributed by atoms with E-state index in [2.05, 4.69) is 18.8 Å². The summed E-state index contributed by atoms with van der Waals surface area (Å²) < 4.78 is 10.5. The number of esters is 1. The fourth-order valence-electron chi connectivity index (χ4n) is 1.75. The van der Waals surface area contributed by atoms with Crippen LogP contribution in [0.3, 0.4) is 0 Å². The number of hydrogen-bond acceptors (Lipinski definition) is 5. The summed E-state index contributed by atoms with van der Waals surface area (Å²) in [4.78, 5) is 15.7. The molecule has 5 nitrogen and oxygen atoms in total. The highest BCUT2D eigenvalue weighted by molar-refractivity contribution is 5.96. The van der Waals surface area contributed by atoms with Crippen molar-refractivity contribution in [2.45, 2.75) is 33.6 Å². The first kappa shape index (κ1) is 15.3. The van der Waals surface area contributed by atoms with Crippen LogP contribution in [0.4, 0.5) is 5.69 Å². The monoisotopic (exact) mass is 266 g/mol. The van der Waals surface area contributed by atoms with E-state index < -0.39 is 5.97 Å². The van der Waals surface area contributed by atoms with Crippen LogP contribution in [-0.4, -0.2) is 24.2 Å². The molecule has 1 heterocycles. The largest absolute Gasteiger partial charge is 0.476 e. The zero-order chi connectivity index (χ0) is 14.3. The highest BCUT2D eigenvalue weighted by atomic mass is 16.5. The first-order valence-corrected chi connectivity index (χ1v) is 6.64. The van der Waals surface area contributed by atoms with Gasteiger partial charge in [0.2, 0.25) is 5.88 Å². The molecule has 1 atom stereocenters. The number of pyridine rings is 1. The summed E-state index contributed by atoms with van der Waals surface area (Å²) in [5.41, 5.74) is 6.43. The minimum Gasteiger partial charge on any atom is -0.476 e. The van der Waals surface area contributed by atoms with Crippen molar-refractivity contribution in [2.75, 3.05) is 18.9 Å². The summed E-state index contributed by atoms with van der Waals surface area (Å²) >= 11 is 0. The summed E-state index contributed by atoms with van der Waals surface area (Å²) in [7, 11) is 0. The van der Waals surface area contributed by atoms with Crippen LogP contribution in [0.5, 0.6) is 5.88 Å². The van der Waals surface area contributed by atoms with E-state index >= 15 is 0 Å². The Morgan fingerprint density at radius 2 is 2.21 bits per heavy atom. The fourth-order valence-corrected chi connectivity index (χ4v) is 1.75. The predicted octanol–water partition coefficient (Wildman–Crippen LogP) is 2.66. The van der Waals surface area contributed by atoms with Crippen molar-refractivity contribution in [1.82, 2.24) is 4.98 Å². The van der Waals surface area contributed by atoms with Crippen LogP contribution < -0.4 is 10.5 Å². The first-order valence-electron chi connectivity index (χ1n) is 6.64. The van der Waals surface area contributed by atoms with Crippen LogP contribution in [-0.2, 0) is 4.74 Å². The van der Waals surface area contributed by atoms with Gasteiger partial charge in [-0.25, -0.2) is 9.78 Å². The molecule has 0 amide bonds. The van der Waals surface area contributed by atoms with E-state index in [1.807, 2.05) is 0 Å². The average molecular weight is 266 g/mol. The first-order chi connectivity index (χ1) is 9.10. The molecule has 0 saturated carbocycles. The van der Waals surface area contributed by atoms with Crippen LogP contribution in [0.15, 0.2) is 12.3 Å². The number of nitrogen functional groups attached to an aromatic ring is 1. The van der Waals surface area contributed by atoms with Gasteiger partial charge in [-0.05, 0) is 25.3 Å². The van der Waals surface area contributed by atoms with Crippen LogP contribution in [0.2, 0.25) is 0 Å². The Bertz CT molecular complexity index is 421. The van der Waals surface area contributed by atoms with Crippen LogP contribution >= 0.6 is 0 Å². The maximum atomic E-state index is 11.7. The third-order valence-electron chi connectivity index (χ3n) is 2.73. The van der Waals surface area contributed by atoms with Crippen molar-refractivity contribution >= 4 is 11.7 Å². The van der Waals surface area contributed by atoms with Gasteiger partial charge in [-0.3, -0.25) is 0 Å². The van der Waals surface area contributed by atoms with Gasteiger partial charge in [0.1, 0.15) is 5.69 Å². The van der Waals surface area contributed by atoms with Gasteiger partial charge in [0.05, 0.1) is 18.8 Å². The number of nitrogens with two attached hydrogens (primary N) is 1. The maximum Gasteiger partial charge on any atom is 0.340 e. The Morgan fingerprint density at radius 1 is 1.47 bits per heavy atom. The van der Waals surface area contributed by atoms with Gasteiger partial charge < -0.3 is 15.2 Å². The minimum absolute atomic E-state index is 0.240. The lowest BCUT2D eigenvalue weighted by Gasteiger charge is -2.14. The smallest absolute Gasteiger partial charge is 0.340 e. The van der Waals surface area contributed by atoms with Crippen LogP contribution in [0.25, 0.3) is 0 Å². The molecule has 0 aliphatic rings. The third-order valence-corrected chi connectivity index (χ3v) is 2.73. The van der Waals surface area contributed by atoms with Gasteiger partial charge in [-0.1, -0.05) is 20.3 Å². The molecule has 1 aromatic rings. The second-order valence-electron chi connectivity index (χ2n) is 4.50. The molecule has 1 unspecified atom stereocenters. The Kier molecular flexibility index (Phi) is 6.12. The van der Waals surface area contributed by atoms with Gasteiger partial charge in [-0.15, -0.1) is 0 Å². The Labute approximate surface area is 114 Å². The lowest BCUT2D eigenvalue weighted by molar-refractivity contribution is 0.0527. The summed E-state index contributed by atoms with van der Waals surface area (Å²) in [5, 5.41) is 0. The Balaban J connectivity index is 2.74. The van der Waals surface area contributed by atoms with Gasteiger partial charge in [0.15, 0.2) is 0 Å². The van der Waals surface area contributed by atoms with E-state index in [-0.39, 0.29) is 5.69 Å². The second-order valence-corrected chi connectivity index (χ2v) is 4.50. The van der Waals surface area contributed by atoms with Gasteiger partial charge >= 0.3 is 5.97 Å². The van der Waals surface area contributed by atoms with Crippen molar-refractivity contribution in [2.24, 2.45) is 5.92 Å². The number of carbonyl (C=O) groups excluding carboxylic acids is 1. The SMILES string of the molecule is CCCC(C)COc1nccc(C(=O)OCC)c1N. The van der Waals surface area contributed by atoms with Crippen molar-refractivity contribution < 1.29 is 14.3 Å². The molecule has 2 N–H and O–H groups in total. The fraction of sp³-hybridized carbons (Fsp3) is 0.571. The maximum absolute atomic E-state index is 11.7. The van der Waals surface area contributed by atoms with Crippen LogP contribution in [0.1, 0.15) is 44.0 Å². The molecular formula is C14H22N2O3. The zero-order valence-electron chi connectivity index (χ0n) is 11.8. The summed E-state index contributed by atoms with van der Waals surface area (Å²) in [6.07, 6.45) is 3.69. The highest BCUT2D eigenvalue weighted by Gasteiger charge is 2.16. The van der Waals surface area contributed by atoms with Crippen LogP contribution in [0, 0.1) is 5.92 Å². The number of carbonyl (C=O) groups is 1. The van der Waals surface area contributed by atoms with E-state index in [0.717, 1.165) is 12.8 Å². The molecule has 0 spiro atoms. The van der Waals surface area contributed by atoms with E-state index in [4.69, 9.17) is 15.2 Å². The summed E-state index contributed by atoms with van der Waals surface area (Å²) in [5.74, 6) is 0.278. The molecular weight excluding hydrogens is 244 g/mol. The third kappa shape index (κ3) is 4.43. The molecule has 0 fully saturated rings. The van der Waals surface area contributed by atoms with Gasteiger partial charge in [0.25, 0.3) is 0 Å². The Hall–Kier alpha value is -1.78. The van der Waals surface area contributed by atoms with E-state index in [1.54, 1.807) is 6.92 Å². The minimum atomic E-state index is -0.450. The molecule has 0 aromatic carbocycles. The van der Waals surface area contributed by atoms with Crippen molar-refractivity contribution in [3.05, 3.63) is 17.8 Å². The number of nitrogens with zero attached hydrogens (tertiary/aromatic N) is 1. The zero-order valence-corrected chi connectivity index (χ0v) is 11.8. The number of rotatable bonds is 7. The quantitative estimate of drug-likeness (QED) is 0.768. The Morgan fingerprint density at radius 3 is 2.84 bits per heavy atom. The molecule has 19 heavy (non-hydrogen) atoms. The second kappa shape index (κ2) is 7.61. The standard InChI is InChI=1S/C14H22N2O3/c1-4-6-10(3)9-19-13-12(15)11(7-8-16-13)14(17)18-5-2/h7-8,10H,4-6,9,15H2,1-3H3. The number of anilines is 1. The molecule has 0 aliphatic heterocycles.